The number of carboxylic acids is 1. The number of benzene rings is 1. The van der Waals surface area contributed by atoms with E-state index in [1.54, 1.807) is 12.3 Å². The second-order valence-electron chi connectivity index (χ2n) is 6.11. The van der Waals surface area contributed by atoms with Crippen molar-refractivity contribution in [1.82, 2.24) is 9.88 Å². The van der Waals surface area contributed by atoms with Crippen LogP contribution < -0.4 is 10.9 Å². The number of aromatic nitrogens is 1. The third kappa shape index (κ3) is 4.87. The number of rotatable bonds is 4. The Kier molecular flexibility index (Phi) is 7.38. The molecule has 2 unspecified atom stereocenters. The Labute approximate surface area is 166 Å². The van der Waals surface area contributed by atoms with Crippen LogP contribution in [0.5, 0.6) is 0 Å². The van der Waals surface area contributed by atoms with E-state index in [4.69, 9.17) is 21.4 Å². The Morgan fingerprint density at radius 1 is 1.41 bits per heavy atom. The molecule has 2 heterocycles. The van der Waals surface area contributed by atoms with Crippen LogP contribution in [0.25, 0.3) is 0 Å². The van der Waals surface area contributed by atoms with Gasteiger partial charge in [0.05, 0.1) is 17.7 Å². The number of carbonyl (C=O) groups is 1. The molecule has 0 spiro atoms. The first-order valence-electron chi connectivity index (χ1n) is 8.17. The topological polar surface area (TPSA) is 80.6 Å². The Morgan fingerprint density at radius 3 is 2.89 bits per heavy atom. The molecule has 1 aliphatic rings. The van der Waals surface area contributed by atoms with Gasteiger partial charge in [-0.2, -0.15) is 0 Å². The summed E-state index contributed by atoms with van der Waals surface area (Å²) < 4.78 is 21.1. The van der Waals surface area contributed by atoms with E-state index in [1.807, 2.05) is 0 Å². The van der Waals surface area contributed by atoms with Crippen LogP contribution in [0.3, 0.4) is 0 Å². The fourth-order valence-corrected chi connectivity index (χ4v) is 3.22. The highest BCUT2D eigenvalue weighted by molar-refractivity contribution is 6.30. The van der Waals surface area contributed by atoms with Gasteiger partial charge in [0.25, 0.3) is 5.56 Å². The van der Waals surface area contributed by atoms with Gasteiger partial charge in [-0.05, 0) is 29.8 Å². The first-order valence-corrected chi connectivity index (χ1v) is 8.55. The minimum atomic E-state index is -1.27. The number of halogens is 3. The van der Waals surface area contributed by atoms with Crippen LogP contribution in [-0.2, 0) is 11.3 Å². The summed E-state index contributed by atoms with van der Waals surface area (Å²) in [4.78, 5) is 23.5. The van der Waals surface area contributed by atoms with Gasteiger partial charge in [-0.3, -0.25) is 4.79 Å². The minimum absolute atomic E-state index is 0. The van der Waals surface area contributed by atoms with E-state index < -0.39 is 23.4 Å². The molecule has 3 rings (SSSR count). The van der Waals surface area contributed by atoms with Crippen LogP contribution in [0, 0.1) is 11.7 Å². The molecule has 0 aliphatic carbocycles. The number of carboxylic acid groups (broad SMARTS) is 1. The largest absolute Gasteiger partial charge is 0.477 e. The summed E-state index contributed by atoms with van der Waals surface area (Å²) in [5.74, 6) is -2.00. The summed E-state index contributed by atoms with van der Waals surface area (Å²) >= 11 is 5.76. The van der Waals surface area contributed by atoms with E-state index in [0.717, 1.165) is 0 Å². The molecule has 0 radical (unpaired) electrons. The van der Waals surface area contributed by atoms with Gasteiger partial charge < -0.3 is 19.7 Å². The smallest absolute Gasteiger partial charge is 0.341 e. The molecule has 27 heavy (non-hydrogen) atoms. The van der Waals surface area contributed by atoms with Gasteiger partial charge in [0.1, 0.15) is 11.4 Å². The summed E-state index contributed by atoms with van der Waals surface area (Å²) in [5, 5.41) is 12.4. The average molecular weight is 417 g/mol. The fourth-order valence-electron chi connectivity index (χ4n) is 3.10. The third-order valence-electron chi connectivity index (χ3n) is 4.36. The van der Waals surface area contributed by atoms with E-state index in [-0.39, 0.29) is 35.5 Å². The summed E-state index contributed by atoms with van der Waals surface area (Å²) in [6.45, 7) is 1.85. The highest BCUT2D eigenvalue weighted by Gasteiger charge is 2.28. The van der Waals surface area contributed by atoms with Gasteiger partial charge in [-0.25, -0.2) is 9.18 Å². The lowest BCUT2D eigenvalue weighted by molar-refractivity contribution is 0.0248. The van der Waals surface area contributed by atoms with Crippen molar-refractivity contribution in [2.24, 2.45) is 5.92 Å². The lowest BCUT2D eigenvalue weighted by atomic mass is 9.95. The van der Waals surface area contributed by atoms with E-state index >= 15 is 0 Å². The van der Waals surface area contributed by atoms with Crippen molar-refractivity contribution >= 4 is 30.0 Å². The van der Waals surface area contributed by atoms with Crippen molar-refractivity contribution < 1.29 is 19.0 Å². The Morgan fingerprint density at radius 2 is 2.19 bits per heavy atom. The molecule has 2 atom stereocenters. The molecule has 1 fully saturated rings. The number of aromatic carboxylic acids is 1. The Bertz CT molecular complexity index is 875. The highest BCUT2D eigenvalue weighted by atomic mass is 35.5. The quantitative estimate of drug-likeness (QED) is 0.800. The summed E-state index contributed by atoms with van der Waals surface area (Å²) in [6, 6.07) is 7.30. The van der Waals surface area contributed by atoms with Crippen molar-refractivity contribution in [3.05, 3.63) is 68.8 Å². The standard InChI is InChI=1S/C18H18ClFN2O4.ClH/c19-14-4-3-11(8-15(14)20)16-12(9-21-5-7-26-16)10-22-6-1-2-13(17(22)23)18(24)25;/h1-4,6,8,12,16,21H,5,7,9-10H2,(H,24,25);1H. The summed E-state index contributed by atoms with van der Waals surface area (Å²) in [7, 11) is 0. The predicted octanol–water partition coefficient (Wildman–Crippen LogP) is 2.74. The first kappa shape index (κ1) is 21.4. The number of ether oxygens (including phenoxy) is 1. The highest BCUT2D eigenvalue weighted by Crippen LogP contribution is 2.30. The van der Waals surface area contributed by atoms with E-state index in [0.29, 0.717) is 25.3 Å². The molecule has 0 bridgehead atoms. The van der Waals surface area contributed by atoms with Crippen molar-refractivity contribution in [3.8, 4) is 0 Å². The van der Waals surface area contributed by atoms with Gasteiger partial charge in [-0.15, -0.1) is 12.4 Å². The Balaban J connectivity index is 0.00000261. The van der Waals surface area contributed by atoms with Gasteiger partial charge in [-0.1, -0.05) is 17.7 Å². The second kappa shape index (κ2) is 9.32. The number of hydrogen-bond acceptors (Lipinski definition) is 4. The summed E-state index contributed by atoms with van der Waals surface area (Å²) in [6.07, 6.45) is 1.09. The molecule has 1 aromatic heterocycles. The Hall–Kier alpha value is -1.93. The van der Waals surface area contributed by atoms with Gasteiger partial charge >= 0.3 is 5.97 Å². The zero-order chi connectivity index (χ0) is 18.7. The summed E-state index contributed by atoms with van der Waals surface area (Å²) in [5.41, 5.74) is -0.239. The molecule has 2 aromatic rings. The maximum atomic E-state index is 13.9. The van der Waals surface area contributed by atoms with Crippen LogP contribution in [0.4, 0.5) is 4.39 Å². The lowest BCUT2D eigenvalue weighted by Gasteiger charge is -2.26. The average Bonchev–Trinajstić information content (AvgIpc) is 2.84. The van der Waals surface area contributed by atoms with E-state index in [1.165, 1.54) is 28.8 Å². The number of pyridine rings is 1. The molecule has 6 nitrogen and oxygen atoms in total. The van der Waals surface area contributed by atoms with Crippen LogP contribution in [0.15, 0.2) is 41.3 Å². The number of hydrogen-bond donors (Lipinski definition) is 2. The van der Waals surface area contributed by atoms with Crippen molar-refractivity contribution in [3.63, 3.8) is 0 Å². The molecule has 0 amide bonds. The van der Waals surface area contributed by atoms with Crippen molar-refractivity contribution in [2.75, 3.05) is 19.7 Å². The van der Waals surface area contributed by atoms with Crippen LogP contribution in [0.1, 0.15) is 22.0 Å². The molecule has 2 N–H and O–H groups in total. The maximum absolute atomic E-state index is 13.9. The first-order chi connectivity index (χ1) is 12.5. The van der Waals surface area contributed by atoms with Gasteiger partial charge in [0, 0.05) is 31.7 Å². The molecular weight excluding hydrogens is 398 g/mol. The van der Waals surface area contributed by atoms with Crippen LogP contribution >= 0.6 is 24.0 Å². The maximum Gasteiger partial charge on any atom is 0.341 e. The normalized spacial score (nSPS) is 19.8. The zero-order valence-corrected chi connectivity index (χ0v) is 15.8. The predicted molar refractivity (Wildman–Crippen MR) is 101 cm³/mol. The molecule has 1 aliphatic heterocycles. The number of nitrogens with zero attached hydrogens (tertiary/aromatic N) is 1. The molecule has 9 heteroatoms. The molecule has 1 saturated heterocycles. The molecule has 1 aromatic carbocycles. The second-order valence-corrected chi connectivity index (χ2v) is 6.52. The number of nitrogens with one attached hydrogen (secondary N) is 1. The molecule has 146 valence electrons. The minimum Gasteiger partial charge on any atom is -0.477 e. The van der Waals surface area contributed by atoms with Crippen LogP contribution in [0.2, 0.25) is 5.02 Å². The van der Waals surface area contributed by atoms with Crippen LogP contribution in [-0.4, -0.2) is 35.3 Å². The van der Waals surface area contributed by atoms with E-state index in [2.05, 4.69) is 5.32 Å². The molecular formula is C18H19Cl2FN2O4. The SMILES string of the molecule is Cl.O=C(O)c1cccn(CC2CNCCOC2c2ccc(Cl)c(F)c2)c1=O. The monoisotopic (exact) mass is 416 g/mol. The van der Waals surface area contributed by atoms with Crippen molar-refractivity contribution in [1.29, 1.82) is 0 Å². The van der Waals surface area contributed by atoms with Crippen molar-refractivity contribution in [2.45, 2.75) is 12.6 Å². The fraction of sp³-hybridized carbons (Fsp3) is 0.333. The van der Waals surface area contributed by atoms with Gasteiger partial charge in [0.15, 0.2) is 0 Å². The zero-order valence-electron chi connectivity index (χ0n) is 14.2. The lowest BCUT2D eigenvalue weighted by Crippen LogP contribution is -2.33. The third-order valence-corrected chi connectivity index (χ3v) is 4.67. The van der Waals surface area contributed by atoms with E-state index in [9.17, 15) is 14.0 Å². The molecule has 0 saturated carbocycles. The van der Waals surface area contributed by atoms with Gasteiger partial charge in [0.2, 0.25) is 0 Å².